The Morgan fingerprint density at radius 3 is 2.70 bits per heavy atom. The molecule has 1 unspecified atom stereocenters. The summed E-state index contributed by atoms with van der Waals surface area (Å²) in [5, 5.41) is 3.15. The van der Waals surface area contributed by atoms with E-state index in [4.69, 9.17) is 16.3 Å². The maximum atomic E-state index is 12.6. The van der Waals surface area contributed by atoms with Gasteiger partial charge in [-0.05, 0) is 30.3 Å². The van der Waals surface area contributed by atoms with E-state index >= 15 is 0 Å². The van der Waals surface area contributed by atoms with E-state index in [1.165, 1.54) is 23.8 Å². The van der Waals surface area contributed by atoms with Crippen molar-refractivity contribution in [2.75, 3.05) is 19.5 Å². The molecule has 0 bridgehead atoms. The first kappa shape index (κ1) is 19.3. The summed E-state index contributed by atoms with van der Waals surface area (Å²) in [6, 6.07) is 14.2. The molecule has 1 atom stereocenters. The number of carbonyl (C=O) groups excluding carboxylic acids is 2. The van der Waals surface area contributed by atoms with Gasteiger partial charge in [-0.3, -0.25) is 14.5 Å². The van der Waals surface area contributed by atoms with E-state index in [1.807, 2.05) is 18.2 Å². The number of hydrogen-bond acceptors (Lipinski definition) is 5. The molecule has 0 radical (unpaired) electrons. The largest absolute Gasteiger partial charge is 0.495 e. The van der Waals surface area contributed by atoms with Crippen LogP contribution in [0.3, 0.4) is 0 Å². The molecule has 0 spiro atoms. The average molecular weight is 404 g/mol. The van der Waals surface area contributed by atoms with Gasteiger partial charge in [-0.2, -0.15) is 0 Å². The maximum absolute atomic E-state index is 12.6. The standard InChI is InChI=1S/C19H18ClN3O3S/c1-23-17(24)11-16(18(25)21-12-6-4-3-5-7-12)27-19(23)22-13-8-9-15(26-2)14(20)10-13/h3-10,16H,11H2,1-2H3,(H,21,25). The van der Waals surface area contributed by atoms with Crippen LogP contribution in [0.15, 0.2) is 53.5 Å². The highest BCUT2D eigenvalue weighted by molar-refractivity contribution is 8.15. The van der Waals surface area contributed by atoms with Crippen molar-refractivity contribution in [3.8, 4) is 5.75 Å². The third-order valence-electron chi connectivity index (χ3n) is 3.96. The smallest absolute Gasteiger partial charge is 0.238 e. The van der Waals surface area contributed by atoms with E-state index in [2.05, 4.69) is 10.3 Å². The van der Waals surface area contributed by atoms with Crippen molar-refractivity contribution in [1.82, 2.24) is 4.90 Å². The van der Waals surface area contributed by atoms with Crippen LogP contribution in [0.25, 0.3) is 0 Å². The molecule has 1 heterocycles. The quantitative estimate of drug-likeness (QED) is 0.839. The zero-order chi connectivity index (χ0) is 19.4. The average Bonchev–Trinajstić information content (AvgIpc) is 2.66. The van der Waals surface area contributed by atoms with E-state index in [1.54, 1.807) is 37.4 Å². The normalized spacial score (nSPS) is 18.5. The molecule has 1 fully saturated rings. The van der Waals surface area contributed by atoms with E-state index in [0.717, 1.165) is 0 Å². The third kappa shape index (κ3) is 4.61. The van der Waals surface area contributed by atoms with Gasteiger partial charge in [0.1, 0.15) is 11.0 Å². The van der Waals surface area contributed by atoms with Gasteiger partial charge >= 0.3 is 0 Å². The number of aliphatic imine (C=N–C) groups is 1. The Balaban J connectivity index is 1.79. The van der Waals surface area contributed by atoms with Gasteiger partial charge in [0.2, 0.25) is 11.8 Å². The van der Waals surface area contributed by atoms with Crippen LogP contribution in [-0.4, -0.2) is 41.3 Å². The van der Waals surface area contributed by atoms with E-state index in [9.17, 15) is 9.59 Å². The minimum atomic E-state index is -0.554. The van der Waals surface area contributed by atoms with Crippen LogP contribution >= 0.6 is 23.4 Å². The summed E-state index contributed by atoms with van der Waals surface area (Å²) >= 11 is 7.39. The van der Waals surface area contributed by atoms with Crippen molar-refractivity contribution in [3.05, 3.63) is 53.6 Å². The number of thioether (sulfide) groups is 1. The summed E-state index contributed by atoms with van der Waals surface area (Å²) in [7, 11) is 3.18. The number of para-hydroxylation sites is 1. The molecule has 2 amide bonds. The van der Waals surface area contributed by atoms with Crippen LogP contribution in [0.5, 0.6) is 5.75 Å². The topological polar surface area (TPSA) is 71.0 Å². The first-order valence-corrected chi connectivity index (χ1v) is 9.45. The molecule has 2 aromatic rings. The lowest BCUT2D eigenvalue weighted by atomic mass is 10.2. The molecule has 3 rings (SSSR count). The molecule has 27 heavy (non-hydrogen) atoms. The summed E-state index contributed by atoms with van der Waals surface area (Å²) in [5.74, 6) is 0.148. The molecule has 1 N–H and O–H groups in total. The van der Waals surface area contributed by atoms with E-state index in [-0.39, 0.29) is 18.2 Å². The fourth-order valence-electron chi connectivity index (χ4n) is 2.48. The van der Waals surface area contributed by atoms with Gasteiger partial charge in [-0.25, -0.2) is 4.99 Å². The molecule has 6 nitrogen and oxygen atoms in total. The van der Waals surface area contributed by atoms with Gasteiger partial charge < -0.3 is 10.1 Å². The van der Waals surface area contributed by atoms with Gasteiger partial charge in [0, 0.05) is 19.2 Å². The molecule has 2 aromatic carbocycles. The highest BCUT2D eigenvalue weighted by atomic mass is 35.5. The molecule has 0 aromatic heterocycles. The number of halogens is 1. The number of benzene rings is 2. The highest BCUT2D eigenvalue weighted by Gasteiger charge is 2.34. The lowest BCUT2D eigenvalue weighted by Crippen LogP contribution is -2.43. The maximum Gasteiger partial charge on any atom is 0.238 e. The van der Waals surface area contributed by atoms with Crippen molar-refractivity contribution in [1.29, 1.82) is 0 Å². The van der Waals surface area contributed by atoms with Crippen molar-refractivity contribution < 1.29 is 14.3 Å². The Hall–Kier alpha value is -2.51. The Morgan fingerprint density at radius 2 is 2.04 bits per heavy atom. The number of anilines is 1. The SMILES string of the molecule is COc1ccc(N=C2SC(C(=O)Nc3ccccc3)CC(=O)N2C)cc1Cl. The number of amides is 2. The van der Waals surface area contributed by atoms with E-state index in [0.29, 0.717) is 27.3 Å². The number of amidine groups is 1. The van der Waals surface area contributed by atoms with Crippen molar-refractivity contribution >= 4 is 51.7 Å². The zero-order valence-electron chi connectivity index (χ0n) is 14.8. The second-order valence-electron chi connectivity index (χ2n) is 5.83. The lowest BCUT2D eigenvalue weighted by molar-refractivity contribution is -0.128. The molecule has 1 aliphatic heterocycles. The molecule has 0 saturated carbocycles. The Kier molecular flexibility index (Phi) is 6.03. The highest BCUT2D eigenvalue weighted by Crippen LogP contribution is 2.32. The Bertz CT molecular complexity index is 889. The summed E-state index contributed by atoms with van der Waals surface area (Å²) in [4.78, 5) is 30.8. The van der Waals surface area contributed by atoms with E-state index < -0.39 is 5.25 Å². The molecule has 8 heteroatoms. The van der Waals surface area contributed by atoms with Crippen LogP contribution in [0.4, 0.5) is 11.4 Å². The molecular weight excluding hydrogens is 386 g/mol. The fraction of sp³-hybridized carbons (Fsp3) is 0.211. The first-order chi connectivity index (χ1) is 13.0. The molecule has 0 aliphatic carbocycles. The van der Waals surface area contributed by atoms with Crippen LogP contribution in [0, 0.1) is 0 Å². The molecule has 1 aliphatic rings. The Morgan fingerprint density at radius 1 is 1.30 bits per heavy atom. The molecule has 1 saturated heterocycles. The predicted octanol–water partition coefficient (Wildman–Crippen LogP) is 3.94. The second-order valence-corrected chi connectivity index (χ2v) is 7.41. The van der Waals surface area contributed by atoms with Crippen molar-refractivity contribution in [3.63, 3.8) is 0 Å². The number of carbonyl (C=O) groups is 2. The number of nitrogens with one attached hydrogen (secondary N) is 1. The lowest BCUT2D eigenvalue weighted by Gasteiger charge is -2.28. The van der Waals surface area contributed by atoms with Crippen LogP contribution in [0.1, 0.15) is 6.42 Å². The summed E-state index contributed by atoms with van der Waals surface area (Å²) in [6.07, 6.45) is 0.113. The monoisotopic (exact) mass is 403 g/mol. The number of hydrogen-bond donors (Lipinski definition) is 1. The minimum absolute atomic E-state index is 0.113. The van der Waals surface area contributed by atoms with Crippen LogP contribution in [-0.2, 0) is 9.59 Å². The fourth-order valence-corrected chi connectivity index (χ4v) is 3.79. The van der Waals surface area contributed by atoms with Gasteiger partial charge in [0.05, 0.1) is 17.8 Å². The van der Waals surface area contributed by atoms with Gasteiger partial charge in [-0.1, -0.05) is 41.6 Å². The van der Waals surface area contributed by atoms with Crippen LogP contribution < -0.4 is 10.1 Å². The third-order valence-corrected chi connectivity index (χ3v) is 5.50. The predicted molar refractivity (Wildman–Crippen MR) is 109 cm³/mol. The first-order valence-electron chi connectivity index (χ1n) is 8.19. The summed E-state index contributed by atoms with van der Waals surface area (Å²) in [5.41, 5.74) is 1.27. The summed E-state index contributed by atoms with van der Waals surface area (Å²) < 4.78 is 5.13. The molecular formula is C19H18ClN3O3S. The van der Waals surface area contributed by atoms with Crippen molar-refractivity contribution in [2.24, 2.45) is 4.99 Å². The number of rotatable bonds is 4. The number of ether oxygens (including phenoxy) is 1. The number of nitrogens with zero attached hydrogens (tertiary/aromatic N) is 2. The minimum Gasteiger partial charge on any atom is -0.495 e. The summed E-state index contributed by atoms with van der Waals surface area (Å²) in [6.45, 7) is 0. The van der Waals surface area contributed by atoms with Gasteiger partial charge in [0.25, 0.3) is 0 Å². The Labute approximate surface area is 166 Å². The zero-order valence-corrected chi connectivity index (χ0v) is 16.4. The van der Waals surface area contributed by atoms with Gasteiger partial charge in [-0.15, -0.1) is 0 Å². The second kappa shape index (κ2) is 8.45. The number of methoxy groups -OCH3 is 1. The van der Waals surface area contributed by atoms with Gasteiger partial charge in [0.15, 0.2) is 5.17 Å². The molecule has 140 valence electrons. The van der Waals surface area contributed by atoms with Crippen molar-refractivity contribution in [2.45, 2.75) is 11.7 Å². The van der Waals surface area contributed by atoms with Crippen LogP contribution in [0.2, 0.25) is 5.02 Å².